The molecule has 0 radical (unpaired) electrons. The minimum atomic E-state index is -0.301. The van der Waals surface area contributed by atoms with Gasteiger partial charge in [-0.3, -0.25) is 4.79 Å². The number of hydrogen-bond acceptors (Lipinski definition) is 4. The van der Waals surface area contributed by atoms with Crippen LogP contribution in [0.25, 0.3) is 0 Å². The van der Waals surface area contributed by atoms with E-state index in [0.29, 0.717) is 36.6 Å². The third-order valence-corrected chi connectivity index (χ3v) is 4.14. The fourth-order valence-electron chi connectivity index (χ4n) is 2.76. The molecule has 1 aromatic rings. The number of methoxy groups -OCH3 is 2. The number of benzene rings is 1. The van der Waals surface area contributed by atoms with Crippen molar-refractivity contribution in [2.24, 2.45) is 5.92 Å². The molecule has 2 rings (SSSR count). The molecule has 1 heterocycles. The van der Waals surface area contributed by atoms with Crippen LogP contribution in [0.5, 0.6) is 11.5 Å². The first-order valence-corrected chi connectivity index (χ1v) is 7.30. The molecule has 0 aliphatic carbocycles. The molecule has 0 aromatic heterocycles. The number of aliphatic hydroxyl groups excluding tert-OH is 1. The van der Waals surface area contributed by atoms with Crippen LogP contribution < -0.4 is 9.47 Å². The quantitative estimate of drug-likeness (QED) is 0.921. The van der Waals surface area contributed by atoms with Gasteiger partial charge in [0.25, 0.3) is 5.91 Å². The topological polar surface area (TPSA) is 59.0 Å². The van der Waals surface area contributed by atoms with Gasteiger partial charge in [0.1, 0.15) is 0 Å². The zero-order valence-corrected chi connectivity index (χ0v) is 12.8. The minimum Gasteiger partial charge on any atom is -0.493 e. The van der Waals surface area contributed by atoms with Crippen molar-refractivity contribution in [3.63, 3.8) is 0 Å². The van der Waals surface area contributed by atoms with E-state index in [9.17, 15) is 9.90 Å². The first kappa shape index (κ1) is 15.6. The Labute approximate surface area is 125 Å². The highest BCUT2D eigenvalue weighted by Gasteiger charge is 2.29. The maximum absolute atomic E-state index is 12.6. The largest absolute Gasteiger partial charge is 0.493 e. The summed E-state index contributed by atoms with van der Waals surface area (Å²) in [5.74, 6) is 1.28. The van der Waals surface area contributed by atoms with Crippen molar-refractivity contribution >= 4 is 5.91 Å². The number of carbonyl (C=O) groups is 1. The molecule has 0 bridgehead atoms. The molecule has 2 atom stereocenters. The average molecular weight is 293 g/mol. The second kappa shape index (κ2) is 6.80. The van der Waals surface area contributed by atoms with Crippen molar-refractivity contribution in [3.8, 4) is 11.5 Å². The minimum absolute atomic E-state index is 0.0266. The van der Waals surface area contributed by atoms with Gasteiger partial charge in [-0.2, -0.15) is 0 Å². The maximum Gasteiger partial charge on any atom is 0.254 e. The van der Waals surface area contributed by atoms with E-state index < -0.39 is 0 Å². The van der Waals surface area contributed by atoms with Crippen LogP contribution in [-0.4, -0.2) is 49.3 Å². The lowest BCUT2D eigenvalue weighted by Crippen LogP contribution is -2.45. The van der Waals surface area contributed by atoms with Crippen LogP contribution in [0.4, 0.5) is 0 Å². The van der Waals surface area contributed by atoms with Gasteiger partial charge >= 0.3 is 0 Å². The van der Waals surface area contributed by atoms with E-state index in [1.165, 1.54) is 0 Å². The summed E-state index contributed by atoms with van der Waals surface area (Å²) >= 11 is 0. The van der Waals surface area contributed by atoms with E-state index in [0.717, 1.165) is 6.42 Å². The van der Waals surface area contributed by atoms with Gasteiger partial charge < -0.3 is 19.5 Å². The van der Waals surface area contributed by atoms with E-state index in [1.54, 1.807) is 32.4 Å². The summed E-state index contributed by atoms with van der Waals surface area (Å²) in [6.07, 6.45) is 1.21. The number of carbonyl (C=O) groups excluding carboxylic acids is 1. The van der Waals surface area contributed by atoms with E-state index in [4.69, 9.17) is 9.47 Å². The van der Waals surface area contributed by atoms with Crippen LogP contribution in [-0.2, 0) is 0 Å². The van der Waals surface area contributed by atoms with Crippen molar-refractivity contribution in [3.05, 3.63) is 23.8 Å². The molecule has 21 heavy (non-hydrogen) atoms. The highest BCUT2D eigenvalue weighted by Crippen LogP contribution is 2.29. The van der Waals surface area contributed by atoms with Crippen LogP contribution in [0.3, 0.4) is 0 Å². The number of hydrogen-bond donors (Lipinski definition) is 1. The molecule has 0 spiro atoms. The molecule has 0 saturated carbocycles. The highest BCUT2D eigenvalue weighted by molar-refractivity contribution is 5.95. The van der Waals surface area contributed by atoms with Gasteiger partial charge in [0.05, 0.1) is 20.3 Å². The molecule has 1 aliphatic heterocycles. The van der Waals surface area contributed by atoms with Crippen LogP contribution in [0.1, 0.15) is 30.1 Å². The average Bonchev–Trinajstić information content (AvgIpc) is 2.53. The Bertz CT molecular complexity index is 503. The Hall–Kier alpha value is -1.75. The summed E-state index contributed by atoms with van der Waals surface area (Å²) in [5.41, 5.74) is 0.582. The second-order valence-corrected chi connectivity index (χ2v) is 5.35. The number of nitrogens with zero attached hydrogens (tertiary/aromatic N) is 1. The number of piperidine rings is 1. The molecule has 1 fully saturated rings. The summed E-state index contributed by atoms with van der Waals surface area (Å²) in [4.78, 5) is 14.4. The van der Waals surface area contributed by atoms with E-state index >= 15 is 0 Å². The highest BCUT2D eigenvalue weighted by atomic mass is 16.5. The Morgan fingerprint density at radius 2 is 2.05 bits per heavy atom. The van der Waals surface area contributed by atoms with Crippen LogP contribution >= 0.6 is 0 Å². The lowest BCUT2D eigenvalue weighted by molar-refractivity contribution is 0.0229. The molecule has 1 amide bonds. The van der Waals surface area contributed by atoms with E-state index in [2.05, 4.69) is 0 Å². The zero-order chi connectivity index (χ0) is 15.4. The molecular weight excluding hydrogens is 270 g/mol. The number of aliphatic hydroxyl groups is 1. The molecular formula is C16H23NO4. The lowest BCUT2D eigenvalue weighted by atomic mass is 9.92. The molecule has 1 aromatic carbocycles. The third kappa shape index (κ3) is 3.29. The Kier molecular flexibility index (Phi) is 5.07. The normalized spacial score (nSPS) is 22.0. The van der Waals surface area contributed by atoms with Crippen molar-refractivity contribution in [1.82, 2.24) is 4.90 Å². The molecule has 5 nitrogen and oxygen atoms in total. The smallest absolute Gasteiger partial charge is 0.254 e. The molecule has 1 saturated heterocycles. The van der Waals surface area contributed by atoms with Crippen molar-refractivity contribution < 1.29 is 19.4 Å². The second-order valence-electron chi connectivity index (χ2n) is 5.35. The molecule has 1 N–H and O–H groups in total. The third-order valence-electron chi connectivity index (χ3n) is 4.14. The summed E-state index contributed by atoms with van der Waals surface area (Å²) in [6.45, 7) is 3.23. The van der Waals surface area contributed by atoms with Crippen LogP contribution in [0.15, 0.2) is 18.2 Å². The summed E-state index contributed by atoms with van der Waals surface area (Å²) in [6, 6.07) is 5.19. The lowest BCUT2D eigenvalue weighted by Gasteiger charge is -2.35. The molecule has 1 aliphatic rings. The van der Waals surface area contributed by atoms with E-state index in [1.807, 2.05) is 11.8 Å². The molecule has 2 unspecified atom stereocenters. The molecule has 5 heteroatoms. The summed E-state index contributed by atoms with van der Waals surface area (Å²) in [5, 5.41) is 9.92. The first-order chi connectivity index (χ1) is 10.1. The Morgan fingerprint density at radius 1 is 1.33 bits per heavy atom. The van der Waals surface area contributed by atoms with Crippen LogP contribution in [0, 0.1) is 5.92 Å². The molecule has 116 valence electrons. The van der Waals surface area contributed by atoms with Crippen molar-refractivity contribution in [1.29, 1.82) is 0 Å². The first-order valence-electron chi connectivity index (χ1n) is 7.30. The van der Waals surface area contributed by atoms with Gasteiger partial charge in [-0.05, 0) is 31.0 Å². The van der Waals surface area contributed by atoms with Crippen molar-refractivity contribution in [2.75, 3.05) is 27.3 Å². The van der Waals surface area contributed by atoms with Crippen molar-refractivity contribution in [2.45, 2.75) is 25.9 Å². The number of amides is 1. The maximum atomic E-state index is 12.6. The van der Waals surface area contributed by atoms with Gasteiger partial charge in [0.15, 0.2) is 11.5 Å². The SMILES string of the molecule is CCC1CN(C(=O)c2ccc(OC)c(OC)c2)CCC1O. The number of ether oxygens (including phenoxy) is 2. The summed E-state index contributed by atoms with van der Waals surface area (Å²) < 4.78 is 10.4. The van der Waals surface area contributed by atoms with Gasteiger partial charge in [-0.15, -0.1) is 0 Å². The standard InChI is InChI=1S/C16H23NO4/c1-4-11-10-17(8-7-13(11)18)16(19)12-5-6-14(20-2)15(9-12)21-3/h5-6,9,11,13,18H,4,7-8,10H2,1-3H3. The summed E-state index contributed by atoms with van der Waals surface area (Å²) in [7, 11) is 3.12. The Balaban J connectivity index is 2.16. The number of rotatable bonds is 4. The Morgan fingerprint density at radius 3 is 2.67 bits per heavy atom. The van der Waals surface area contributed by atoms with Gasteiger partial charge in [0, 0.05) is 24.6 Å². The zero-order valence-electron chi connectivity index (χ0n) is 12.8. The van der Waals surface area contributed by atoms with Gasteiger partial charge in [0.2, 0.25) is 0 Å². The predicted molar refractivity (Wildman–Crippen MR) is 79.9 cm³/mol. The monoisotopic (exact) mass is 293 g/mol. The predicted octanol–water partition coefficient (Wildman–Crippen LogP) is 1.94. The number of likely N-dealkylation sites (tertiary alicyclic amines) is 1. The van der Waals surface area contributed by atoms with Crippen LogP contribution in [0.2, 0.25) is 0 Å². The van der Waals surface area contributed by atoms with Gasteiger partial charge in [-0.25, -0.2) is 0 Å². The van der Waals surface area contributed by atoms with Gasteiger partial charge in [-0.1, -0.05) is 6.92 Å². The van der Waals surface area contributed by atoms with E-state index in [-0.39, 0.29) is 17.9 Å². The fourth-order valence-corrected chi connectivity index (χ4v) is 2.76. The fraction of sp³-hybridized carbons (Fsp3) is 0.562.